The first-order chi connectivity index (χ1) is 11.2. The number of H-pyrrole nitrogens is 1. The van der Waals surface area contributed by atoms with E-state index in [1.165, 1.54) is 11.3 Å². The molecule has 1 amide bonds. The average Bonchev–Trinajstić information content (AvgIpc) is 3.20. The first-order valence-electron chi connectivity index (χ1n) is 8.70. The lowest BCUT2D eigenvalue weighted by molar-refractivity contribution is -0.154. The number of nitrogens with one attached hydrogen (secondary N) is 1. The summed E-state index contributed by atoms with van der Waals surface area (Å²) < 4.78 is 5.40. The van der Waals surface area contributed by atoms with Crippen molar-refractivity contribution in [1.29, 1.82) is 0 Å². The van der Waals surface area contributed by atoms with Crippen molar-refractivity contribution in [2.24, 2.45) is 5.41 Å². The molecule has 0 saturated carbocycles. The number of carbonyl (C=O) groups is 1. The maximum absolute atomic E-state index is 13.2. The molecule has 0 bridgehead atoms. The molecule has 1 aromatic heterocycles. The smallest absolute Gasteiger partial charge is 0.231 e. The van der Waals surface area contributed by atoms with Crippen molar-refractivity contribution >= 4 is 5.91 Å². The summed E-state index contributed by atoms with van der Waals surface area (Å²) in [7, 11) is 0. The van der Waals surface area contributed by atoms with Crippen molar-refractivity contribution in [2.45, 2.75) is 43.9 Å². The Morgan fingerprint density at radius 2 is 2.17 bits per heavy atom. The van der Waals surface area contributed by atoms with E-state index in [2.05, 4.69) is 10.2 Å². The molecule has 126 valence electrons. The van der Waals surface area contributed by atoms with E-state index in [0.717, 1.165) is 38.8 Å². The third-order valence-electron chi connectivity index (χ3n) is 6.19. The Kier molecular flexibility index (Phi) is 3.69. The number of hydrogen-bond acceptors (Lipinski definition) is 4. The molecule has 0 radical (unpaired) electrons. The number of carbonyl (C=O) groups excluding carboxylic acids is 1. The van der Waals surface area contributed by atoms with E-state index < -0.39 is 5.41 Å². The highest BCUT2D eigenvalue weighted by Crippen LogP contribution is 2.45. The summed E-state index contributed by atoms with van der Waals surface area (Å²) in [4.78, 5) is 15.2. The van der Waals surface area contributed by atoms with Gasteiger partial charge in [0.25, 0.3) is 0 Å². The number of aliphatic hydroxyl groups excluding tert-OH is 1. The molecule has 23 heavy (non-hydrogen) atoms. The number of aryl methyl sites for hydroxylation is 1. The fourth-order valence-electron chi connectivity index (χ4n) is 4.71. The maximum Gasteiger partial charge on any atom is 0.231 e. The van der Waals surface area contributed by atoms with E-state index in [4.69, 9.17) is 4.74 Å². The van der Waals surface area contributed by atoms with Crippen molar-refractivity contribution in [3.8, 4) is 0 Å². The number of likely N-dealkylation sites (tertiary alicyclic amines) is 1. The fourth-order valence-corrected chi connectivity index (χ4v) is 4.71. The molecule has 2 saturated heterocycles. The number of fused-ring (bicyclic) bond motifs is 2. The number of piperidine rings is 1. The van der Waals surface area contributed by atoms with Gasteiger partial charge in [-0.1, -0.05) is 0 Å². The minimum Gasteiger partial charge on any atom is -0.395 e. The predicted molar refractivity (Wildman–Crippen MR) is 84.0 cm³/mol. The Hall–Kier alpha value is -1.40. The molecule has 0 aromatic carbocycles. The number of amides is 1. The lowest BCUT2D eigenvalue weighted by atomic mass is 9.75. The molecule has 1 spiro atoms. The van der Waals surface area contributed by atoms with Gasteiger partial charge in [-0.05, 0) is 44.1 Å². The minimum absolute atomic E-state index is 0.0432. The van der Waals surface area contributed by atoms with Crippen LogP contribution in [-0.2, 0) is 21.4 Å². The number of aromatic nitrogens is 2. The second-order valence-electron chi connectivity index (χ2n) is 7.43. The molecule has 6 nitrogen and oxygen atoms in total. The highest BCUT2D eigenvalue weighted by Gasteiger charge is 2.48. The standard InChI is InChI=1S/C17H25N3O3/c21-12-17(5-8-23-9-6-17)15(22)20-7-1-3-16(11-20)4-2-13-10-18-19-14(13)16/h10,21H,1-9,11-12H2,(H,18,19). The molecule has 6 heteroatoms. The zero-order valence-corrected chi connectivity index (χ0v) is 13.5. The van der Waals surface area contributed by atoms with Crippen molar-refractivity contribution in [2.75, 3.05) is 32.9 Å². The summed E-state index contributed by atoms with van der Waals surface area (Å²) in [5.74, 6) is 0.121. The summed E-state index contributed by atoms with van der Waals surface area (Å²) in [5.41, 5.74) is 1.95. The van der Waals surface area contributed by atoms with Crippen LogP contribution in [-0.4, -0.2) is 59.0 Å². The second kappa shape index (κ2) is 5.60. The summed E-state index contributed by atoms with van der Waals surface area (Å²) in [5, 5.41) is 17.3. The Balaban J connectivity index is 1.57. The van der Waals surface area contributed by atoms with Gasteiger partial charge in [0.15, 0.2) is 0 Å². The van der Waals surface area contributed by atoms with Gasteiger partial charge < -0.3 is 14.7 Å². The van der Waals surface area contributed by atoms with E-state index in [0.29, 0.717) is 26.1 Å². The molecule has 1 atom stereocenters. The fraction of sp³-hybridized carbons (Fsp3) is 0.765. The minimum atomic E-state index is -0.633. The number of aliphatic hydroxyl groups is 1. The zero-order valence-electron chi connectivity index (χ0n) is 13.5. The van der Waals surface area contributed by atoms with Crippen molar-refractivity contribution in [3.63, 3.8) is 0 Å². The van der Waals surface area contributed by atoms with Gasteiger partial charge in [0.05, 0.1) is 18.2 Å². The van der Waals surface area contributed by atoms with E-state index in [1.807, 2.05) is 11.1 Å². The van der Waals surface area contributed by atoms with Crippen LogP contribution in [0.3, 0.4) is 0 Å². The Morgan fingerprint density at radius 1 is 1.35 bits per heavy atom. The first kappa shape index (κ1) is 15.1. The topological polar surface area (TPSA) is 78.5 Å². The Morgan fingerprint density at radius 3 is 2.96 bits per heavy atom. The van der Waals surface area contributed by atoms with E-state index in [9.17, 15) is 9.90 Å². The van der Waals surface area contributed by atoms with Crippen LogP contribution in [0.25, 0.3) is 0 Å². The molecule has 3 heterocycles. The summed E-state index contributed by atoms with van der Waals surface area (Å²) >= 11 is 0. The van der Waals surface area contributed by atoms with Crippen LogP contribution >= 0.6 is 0 Å². The summed E-state index contributed by atoms with van der Waals surface area (Å²) in [6.45, 7) is 2.61. The van der Waals surface area contributed by atoms with Crippen molar-refractivity contribution in [1.82, 2.24) is 15.1 Å². The Labute approximate surface area is 136 Å². The van der Waals surface area contributed by atoms with Gasteiger partial charge in [-0.15, -0.1) is 0 Å². The molecular weight excluding hydrogens is 294 g/mol. The van der Waals surface area contributed by atoms with Gasteiger partial charge in [-0.3, -0.25) is 9.89 Å². The van der Waals surface area contributed by atoms with E-state index in [-0.39, 0.29) is 17.9 Å². The number of hydrogen-bond donors (Lipinski definition) is 2. The number of aromatic amines is 1. The van der Waals surface area contributed by atoms with Crippen LogP contribution in [0.1, 0.15) is 43.4 Å². The van der Waals surface area contributed by atoms with Gasteiger partial charge in [0, 0.05) is 37.4 Å². The number of nitrogens with zero attached hydrogens (tertiary/aromatic N) is 2. The van der Waals surface area contributed by atoms with Crippen LogP contribution < -0.4 is 0 Å². The number of ether oxygens (including phenoxy) is 1. The molecule has 1 aliphatic carbocycles. The zero-order chi connectivity index (χ0) is 15.9. The molecule has 2 aliphatic heterocycles. The third-order valence-corrected chi connectivity index (χ3v) is 6.19. The monoisotopic (exact) mass is 319 g/mol. The molecule has 3 aliphatic rings. The highest BCUT2D eigenvalue weighted by atomic mass is 16.5. The van der Waals surface area contributed by atoms with Crippen LogP contribution in [0.15, 0.2) is 6.20 Å². The van der Waals surface area contributed by atoms with E-state index in [1.54, 1.807) is 0 Å². The van der Waals surface area contributed by atoms with Crippen LogP contribution in [0.4, 0.5) is 0 Å². The molecule has 4 rings (SSSR count). The van der Waals surface area contributed by atoms with Gasteiger partial charge in [-0.2, -0.15) is 5.10 Å². The predicted octanol–water partition coefficient (Wildman–Crippen LogP) is 1.01. The van der Waals surface area contributed by atoms with Crippen LogP contribution in [0.2, 0.25) is 0 Å². The second-order valence-corrected chi connectivity index (χ2v) is 7.43. The molecule has 2 fully saturated rings. The largest absolute Gasteiger partial charge is 0.395 e. The lowest BCUT2D eigenvalue weighted by Crippen LogP contribution is -2.55. The quantitative estimate of drug-likeness (QED) is 0.852. The molecule has 1 unspecified atom stereocenters. The SMILES string of the molecule is O=C(N1CCCC2(CCc3cn[nH]c32)C1)C1(CO)CCOCC1. The molecule has 2 N–H and O–H groups in total. The van der Waals surface area contributed by atoms with Crippen LogP contribution in [0.5, 0.6) is 0 Å². The number of rotatable bonds is 2. The third kappa shape index (κ3) is 2.31. The summed E-state index contributed by atoms with van der Waals surface area (Å²) in [6.07, 6.45) is 7.45. The maximum atomic E-state index is 13.2. The van der Waals surface area contributed by atoms with Crippen molar-refractivity contribution < 1.29 is 14.6 Å². The Bertz CT molecular complexity index is 594. The molecular formula is C17H25N3O3. The highest BCUT2D eigenvalue weighted by molar-refractivity contribution is 5.83. The summed E-state index contributed by atoms with van der Waals surface area (Å²) in [6, 6.07) is 0. The lowest BCUT2D eigenvalue weighted by Gasteiger charge is -2.45. The van der Waals surface area contributed by atoms with Gasteiger partial charge in [-0.25, -0.2) is 0 Å². The van der Waals surface area contributed by atoms with Crippen LogP contribution in [0, 0.1) is 5.41 Å². The molecule has 1 aromatic rings. The van der Waals surface area contributed by atoms with Gasteiger partial charge in [0.2, 0.25) is 5.91 Å². The van der Waals surface area contributed by atoms with Crippen molar-refractivity contribution in [3.05, 3.63) is 17.5 Å². The first-order valence-corrected chi connectivity index (χ1v) is 8.70. The van der Waals surface area contributed by atoms with E-state index >= 15 is 0 Å². The van der Waals surface area contributed by atoms with Gasteiger partial charge >= 0.3 is 0 Å². The average molecular weight is 319 g/mol. The normalized spacial score (nSPS) is 29.7. The van der Waals surface area contributed by atoms with Gasteiger partial charge in [0.1, 0.15) is 0 Å².